The molecule has 2 aromatic carbocycles. The number of aliphatic hydroxyl groups is 4. The molecule has 7 nitrogen and oxygen atoms in total. The van der Waals surface area contributed by atoms with Crippen LogP contribution in [0.2, 0.25) is 0 Å². The molecule has 2 heterocycles. The lowest BCUT2D eigenvalue weighted by Crippen LogP contribution is -2.60. The largest absolute Gasteiger partial charge is 0.461 e. The van der Waals surface area contributed by atoms with E-state index in [0.717, 1.165) is 22.0 Å². The van der Waals surface area contributed by atoms with E-state index >= 15 is 0 Å². The summed E-state index contributed by atoms with van der Waals surface area (Å²) in [6.45, 7) is 1.54. The summed E-state index contributed by atoms with van der Waals surface area (Å²) in [6.07, 6.45) is -3.99. The molecule has 1 aromatic heterocycles. The number of hydrogen-bond donors (Lipinski definition) is 5. The van der Waals surface area contributed by atoms with E-state index in [1.807, 2.05) is 25.3 Å². The Morgan fingerprint density at radius 2 is 1.76 bits per heavy atom. The van der Waals surface area contributed by atoms with Crippen LogP contribution < -0.4 is 4.74 Å². The molecule has 29 heavy (non-hydrogen) atoms. The zero-order valence-electron chi connectivity index (χ0n) is 16.0. The van der Waals surface area contributed by atoms with Crippen LogP contribution in [-0.4, -0.2) is 62.7 Å². The van der Waals surface area contributed by atoms with Crippen LogP contribution in [0.4, 0.5) is 0 Å². The molecule has 3 aromatic rings. The Morgan fingerprint density at radius 3 is 2.48 bits per heavy atom. The summed E-state index contributed by atoms with van der Waals surface area (Å²) < 4.78 is 11.4. The molecule has 0 bridgehead atoms. The van der Waals surface area contributed by atoms with E-state index in [-0.39, 0.29) is 0 Å². The average molecular weight is 399 g/mol. The van der Waals surface area contributed by atoms with Crippen LogP contribution in [-0.2, 0) is 11.2 Å². The molecule has 154 valence electrons. The van der Waals surface area contributed by atoms with Gasteiger partial charge in [0.2, 0.25) is 6.29 Å². The maximum Gasteiger partial charge on any atom is 0.229 e. The number of rotatable bonds is 5. The van der Waals surface area contributed by atoms with Crippen LogP contribution in [0.3, 0.4) is 0 Å². The van der Waals surface area contributed by atoms with Gasteiger partial charge in [0.25, 0.3) is 0 Å². The molecule has 0 saturated carbocycles. The third kappa shape index (κ3) is 3.88. The van der Waals surface area contributed by atoms with Gasteiger partial charge in [-0.1, -0.05) is 35.9 Å². The monoisotopic (exact) mass is 399 g/mol. The summed E-state index contributed by atoms with van der Waals surface area (Å²) in [5.41, 5.74) is 4.23. The fourth-order valence-electron chi connectivity index (χ4n) is 3.67. The molecule has 7 heteroatoms. The van der Waals surface area contributed by atoms with E-state index in [1.165, 1.54) is 5.56 Å². The normalized spacial score (nSPS) is 27.3. The maximum atomic E-state index is 10.3. The highest BCUT2D eigenvalue weighted by Gasteiger charge is 2.44. The number of aryl methyl sites for hydroxylation is 1. The van der Waals surface area contributed by atoms with Gasteiger partial charge in [0.05, 0.1) is 6.61 Å². The first kappa shape index (κ1) is 19.9. The van der Waals surface area contributed by atoms with Gasteiger partial charge >= 0.3 is 0 Å². The van der Waals surface area contributed by atoms with Gasteiger partial charge < -0.3 is 34.9 Å². The molecule has 0 spiro atoms. The molecular formula is C22H25NO6. The number of nitrogens with one attached hydrogen (secondary N) is 1. The van der Waals surface area contributed by atoms with Crippen molar-refractivity contribution in [2.45, 2.75) is 44.1 Å². The van der Waals surface area contributed by atoms with E-state index in [1.54, 1.807) is 6.07 Å². The summed E-state index contributed by atoms with van der Waals surface area (Å²) in [5.74, 6) is 0.482. The molecule has 4 rings (SSSR count). The van der Waals surface area contributed by atoms with Crippen molar-refractivity contribution in [3.8, 4) is 5.75 Å². The first-order valence-corrected chi connectivity index (χ1v) is 9.59. The van der Waals surface area contributed by atoms with Crippen molar-refractivity contribution in [1.82, 2.24) is 4.98 Å². The Kier molecular flexibility index (Phi) is 5.58. The molecule has 0 aliphatic carbocycles. The highest BCUT2D eigenvalue weighted by Crippen LogP contribution is 2.33. The van der Waals surface area contributed by atoms with E-state index in [2.05, 4.69) is 29.2 Å². The van der Waals surface area contributed by atoms with Crippen LogP contribution >= 0.6 is 0 Å². The van der Waals surface area contributed by atoms with Gasteiger partial charge in [-0.25, -0.2) is 0 Å². The predicted octanol–water partition coefficient (Wildman–Crippen LogP) is 1.25. The first-order chi connectivity index (χ1) is 14.0. The van der Waals surface area contributed by atoms with Gasteiger partial charge in [-0.15, -0.1) is 0 Å². The number of aromatic nitrogens is 1. The molecule has 1 fully saturated rings. The molecule has 0 amide bonds. The second-order valence-corrected chi connectivity index (χ2v) is 7.47. The molecule has 1 aliphatic rings. The summed E-state index contributed by atoms with van der Waals surface area (Å²) >= 11 is 0. The fraction of sp³-hybridized carbons (Fsp3) is 0.364. The summed E-state index contributed by atoms with van der Waals surface area (Å²) in [5, 5.41) is 40.5. The fourth-order valence-corrected chi connectivity index (χ4v) is 3.67. The summed E-state index contributed by atoms with van der Waals surface area (Å²) in [6, 6.07) is 13.8. The quantitative estimate of drug-likeness (QED) is 0.441. The minimum atomic E-state index is -1.48. The number of H-pyrrole nitrogens is 1. The van der Waals surface area contributed by atoms with Crippen molar-refractivity contribution >= 4 is 10.9 Å². The second kappa shape index (κ2) is 8.14. The zero-order valence-corrected chi connectivity index (χ0v) is 16.0. The van der Waals surface area contributed by atoms with E-state index in [4.69, 9.17) is 9.47 Å². The Balaban J connectivity index is 1.64. The summed E-state index contributed by atoms with van der Waals surface area (Å²) in [4.78, 5) is 3.23. The molecule has 5 atom stereocenters. The van der Waals surface area contributed by atoms with Crippen molar-refractivity contribution in [1.29, 1.82) is 0 Å². The lowest BCUT2D eigenvalue weighted by molar-refractivity contribution is -0.277. The molecule has 1 aliphatic heterocycles. The van der Waals surface area contributed by atoms with Crippen molar-refractivity contribution in [3.63, 3.8) is 0 Å². The van der Waals surface area contributed by atoms with Gasteiger partial charge in [-0.2, -0.15) is 0 Å². The molecule has 1 saturated heterocycles. The van der Waals surface area contributed by atoms with Gasteiger partial charge in [0, 0.05) is 17.1 Å². The van der Waals surface area contributed by atoms with Gasteiger partial charge in [-0.3, -0.25) is 0 Å². The number of fused-ring (bicyclic) bond motifs is 1. The van der Waals surface area contributed by atoms with Gasteiger partial charge in [-0.05, 0) is 36.6 Å². The molecular weight excluding hydrogens is 374 g/mol. The number of hydrogen-bond acceptors (Lipinski definition) is 6. The lowest BCUT2D eigenvalue weighted by Gasteiger charge is -2.39. The number of aliphatic hydroxyl groups excluding tert-OH is 4. The van der Waals surface area contributed by atoms with Gasteiger partial charge in [0.15, 0.2) is 0 Å². The third-order valence-electron chi connectivity index (χ3n) is 5.36. The highest BCUT2D eigenvalue weighted by atomic mass is 16.7. The zero-order chi connectivity index (χ0) is 20.5. The van der Waals surface area contributed by atoms with Crippen molar-refractivity contribution < 1.29 is 29.9 Å². The highest BCUT2D eigenvalue weighted by molar-refractivity contribution is 5.89. The SMILES string of the molecule is Cc1ccc(Cc2c[nH]c3cccc(O[C@@H]4O[C@H](CO)[C@@H](O)C(O)[C@H]4O)c23)cc1. The van der Waals surface area contributed by atoms with Crippen LogP contribution in [0, 0.1) is 6.92 Å². The van der Waals surface area contributed by atoms with Crippen molar-refractivity contribution in [2.75, 3.05) is 6.61 Å². The minimum absolute atomic E-state index is 0.482. The molecule has 0 radical (unpaired) electrons. The van der Waals surface area contributed by atoms with E-state index in [0.29, 0.717) is 12.2 Å². The van der Waals surface area contributed by atoms with Crippen LogP contribution in [0.25, 0.3) is 10.9 Å². The average Bonchev–Trinajstić information content (AvgIpc) is 3.14. The topological polar surface area (TPSA) is 115 Å². The van der Waals surface area contributed by atoms with Crippen LogP contribution in [0.5, 0.6) is 5.75 Å². The minimum Gasteiger partial charge on any atom is -0.461 e. The van der Waals surface area contributed by atoms with E-state index < -0.39 is 37.3 Å². The number of aromatic amines is 1. The Labute approximate surface area is 168 Å². The predicted molar refractivity (Wildman–Crippen MR) is 107 cm³/mol. The Morgan fingerprint density at radius 1 is 1.00 bits per heavy atom. The smallest absolute Gasteiger partial charge is 0.229 e. The Bertz CT molecular complexity index is 967. The number of ether oxygens (including phenoxy) is 2. The molecule has 1 unspecified atom stereocenters. The second-order valence-electron chi connectivity index (χ2n) is 7.47. The standard InChI is InChI=1S/C22H25NO6/c1-12-5-7-13(8-6-12)9-14-10-23-15-3-2-4-16(18(14)15)28-22-21(27)20(26)19(25)17(11-24)29-22/h2-8,10,17,19-27H,9,11H2,1H3/t17-,19-,20?,21-,22-/m1/s1. The first-order valence-electron chi connectivity index (χ1n) is 9.59. The van der Waals surface area contributed by atoms with Crippen molar-refractivity contribution in [3.05, 3.63) is 65.4 Å². The van der Waals surface area contributed by atoms with E-state index in [9.17, 15) is 20.4 Å². The lowest BCUT2D eigenvalue weighted by atomic mass is 9.99. The number of benzene rings is 2. The Hall–Kier alpha value is -2.42. The van der Waals surface area contributed by atoms with Crippen molar-refractivity contribution in [2.24, 2.45) is 0 Å². The van der Waals surface area contributed by atoms with Crippen LogP contribution in [0.15, 0.2) is 48.7 Å². The third-order valence-corrected chi connectivity index (χ3v) is 5.36. The molecule has 5 N–H and O–H groups in total. The van der Waals surface area contributed by atoms with Gasteiger partial charge in [0.1, 0.15) is 30.2 Å². The summed E-state index contributed by atoms with van der Waals surface area (Å²) in [7, 11) is 0. The maximum absolute atomic E-state index is 10.3. The van der Waals surface area contributed by atoms with Crippen LogP contribution in [0.1, 0.15) is 16.7 Å².